The molecule has 3 rings (SSSR count). The quantitative estimate of drug-likeness (QED) is 0.356. The van der Waals surface area contributed by atoms with Crippen LogP contribution >= 0.6 is 0 Å². The van der Waals surface area contributed by atoms with Gasteiger partial charge in [0.15, 0.2) is 0 Å². The van der Waals surface area contributed by atoms with Gasteiger partial charge in [0, 0.05) is 50.4 Å². The highest BCUT2D eigenvalue weighted by Crippen LogP contribution is 2.25. The monoisotopic (exact) mass is 499 g/mol. The predicted octanol–water partition coefficient (Wildman–Crippen LogP) is 5.33. The normalized spacial score (nSPS) is 12.5. The van der Waals surface area contributed by atoms with Crippen LogP contribution in [-0.2, 0) is 21.4 Å². The van der Waals surface area contributed by atoms with E-state index in [1.165, 1.54) is 4.31 Å². The Hall–Kier alpha value is -2.71. The highest BCUT2D eigenvalue weighted by atomic mass is 32.2. The molecule has 0 spiro atoms. The molecule has 0 saturated heterocycles. The van der Waals surface area contributed by atoms with Crippen LogP contribution in [0.1, 0.15) is 53.0 Å². The van der Waals surface area contributed by atoms with Crippen LogP contribution in [0.4, 0.5) is 0 Å². The summed E-state index contributed by atoms with van der Waals surface area (Å²) in [6, 6.07) is 10.3. The number of hydrogen-bond acceptors (Lipinski definition) is 5. The Labute approximate surface area is 209 Å². The minimum atomic E-state index is -3.77. The molecule has 0 aliphatic rings. The zero-order valence-electron chi connectivity index (χ0n) is 21.4. The van der Waals surface area contributed by atoms with E-state index in [1.807, 2.05) is 17.0 Å². The Balaban J connectivity index is 1.80. The van der Waals surface area contributed by atoms with E-state index in [9.17, 15) is 13.2 Å². The molecule has 1 aromatic carbocycles. The Kier molecular flexibility index (Phi) is 8.72. The Bertz CT molecular complexity index is 1210. The molecule has 0 saturated carbocycles. The van der Waals surface area contributed by atoms with Gasteiger partial charge < -0.3 is 9.32 Å². The summed E-state index contributed by atoms with van der Waals surface area (Å²) in [5.74, 6) is 0.442. The zero-order chi connectivity index (χ0) is 25.6. The van der Waals surface area contributed by atoms with Crippen LogP contribution in [0.2, 0.25) is 0 Å². The second-order valence-electron chi connectivity index (χ2n) is 10.6. The van der Waals surface area contributed by atoms with Crippen molar-refractivity contribution < 1.29 is 17.6 Å². The van der Waals surface area contributed by atoms with Crippen molar-refractivity contribution in [3.63, 3.8) is 0 Å². The van der Waals surface area contributed by atoms with Crippen molar-refractivity contribution >= 4 is 26.9 Å². The molecule has 1 amide bonds. The lowest BCUT2D eigenvalue weighted by Crippen LogP contribution is -2.39. The minimum Gasteiger partial charge on any atom is -0.464 e. The van der Waals surface area contributed by atoms with E-state index in [-0.39, 0.29) is 22.8 Å². The Morgan fingerprint density at radius 2 is 1.77 bits per heavy atom. The smallest absolute Gasteiger partial charge is 0.243 e. The SMILES string of the molecule is CC(C)CN(CCCN(Cc1ccncc1)S(=O)(=O)c1ccc2occc2c1)C(=O)CC(C)(C)C. The van der Waals surface area contributed by atoms with Crippen molar-refractivity contribution in [2.75, 3.05) is 19.6 Å². The molecular formula is C27H37N3O4S. The summed E-state index contributed by atoms with van der Waals surface area (Å²) in [7, 11) is -3.77. The summed E-state index contributed by atoms with van der Waals surface area (Å²) in [5.41, 5.74) is 1.40. The summed E-state index contributed by atoms with van der Waals surface area (Å²) in [4.78, 5) is 19.1. The van der Waals surface area contributed by atoms with Crippen molar-refractivity contribution in [3.05, 3.63) is 60.6 Å². The lowest BCUT2D eigenvalue weighted by Gasteiger charge is -2.29. The van der Waals surface area contributed by atoms with Crippen LogP contribution in [0.3, 0.4) is 0 Å². The summed E-state index contributed by atoms with van der Waals surface area (Å²) in [5, 5.41) is 0.742. The van der Waals surface area contributed by atoms with Crippen LogP contribution in [0.15, 0.2) is 64.4 Å². The van der Waals surface area contributed by atoms with Crippen molar-refractivity contribution in [1.29, 1.82) is 0 Å². The second-order valence-corrected chi connectivity index (χ2v) is 12.6. The number of amides is 1. The average molecular weight is 500 g/mol. The number of rotatable bonds is 11. The number of fused-ring (bicyclic) bond motifs is 1. The molecule has 2 aromatic heterocycles. The molecule has 2 heterocycles. The molecule has 0 bridgehead atoms. The maximum Gasteiger partial charge on any atom is 0.243 e. The van der Waals surface area contributed by atoms with Gasteiger partial charge in [-0.3, -0.25) is 9.78 Å². The first-order chi connectivity index (χ1) is 16.5. The predicted molar refractivity (Wildman–Crippen MR) is 138 cm³/mol. The van der Waals surface area contributed by atoms with Gasteiger partial charge in [0.25, 0.3) is 0 Å². The third kappa shape index (κ3) is 7.64. The molecule has 35 heavy (non-hydrogen) atoms. The van der Waals surface area contributed by atoms with Crippen molar-refractivity contribution in [2.24, 2.45) is 11.3 Å². The van der Waals surface area contributed by atoms with Crippen LogP contribution < -0.4 is 0 Å². The second kappa shape index (κ2) is 11.4. The van der Waals surface area contributed by atoms with E-state index in [0.717, 1.165) is 10.9 Å². The molecule has 3 aromatic rings. The first-order valence-electron chi connectivity index (χ1n) is 12.1. The van der Waals surface area contributed by atoms with Crippen molar-refractivity contribution in [2.45, 2.75) is 58.9 Å². The van der Waals surface area contributed by atoms with E-state index >= 15 is 0 Å². The number of sulfonamides is 1. The lowest BCUT2D eigenvalue weighted by atomic mass is 9.91. The number of furan rings is 1. The standard InChI is InChI=1S/C27H37N3O4S/c1-21(2)19-29(26(31)18-27(3,4)5)14-6-15-30(20-22-9-12-28-13-10-22)35(32,33)24-7-8-25-23(17-24)11-16-34-25/h7-13,16-17,21H,6,14-15,18-20H2,1-5H3. The molecular weight excluding hydrogens is 462 g/mol. The fourth-order valence-electron chi connectivity index (χ4n) is 3.99. The summed E-state index contributed by atoms with van der Waals surface area (Å²) in [6.07, 6.45) is 5.87. The van der Waals surface area contributed by atoms with Gasteiger partial charge in [-0.1, -0.05) is 34.6 Å². The molecule has 8 heteroatoms. The van der Waals surface area contributed by atoms with Crippen LogP contribution in [-0.4, -0.2) is 48.1 Å². The fraction of sp³-hybridized carbons (Fsp3) is 0.481. The number of carbonyl (C=O) groups excluding carboxylic acids is 1. The van der Waals surface area contributed by atoms with Crippen molar-refractivity contribution in [3.8, 4) is 0 Å². The highest BCUT2D eigenvalue weighted by molar-refractivity contribution is 7.89. The molecule has 0 aliphatic heterocycles. The molecule has 0 N–H and O–H groups in total. The van der Waals surface area contributed by atoms with E-state index in [1.54, 1.807) is 42.9 Å². The molecule has 0 fully saturated rings. The van der Waals surface area contributed by atoms with Crippen molar-refractivity contribution in [1.82, 2.24) is 14.2 Å². The molecule has 0 aliphatic carbocycles. The minimum absolute atomic E-state index is 0.102. The lowest BCUT2D eigenvalue weighted by molar-refractivity contribution is -0.133. The van der Waals surface area contributed by atoms with Crippen LogP contribution in [0.5, 0.6) is 0 Å². The third-order valence-electron chi connectivity index (χ3n) is 5.63. The topological polar surface area (TPSA) is 83.7 Å². The van der Waals surface area contributed by atoms with Crippen LogP contribution in [0.25, 0.3) is 11.0 Å². The molecule has 0 atom stereocenters. The summed E-state index contributed by atoms with van der Waals surface area (Å²) < 4.78 is 34.2. The van der Waals surface area contributed by atoms with Gasteiger partial charge in [0.05, 0.1) is 11.2 Å². The summed E-state index contributed by atoms with van der Waals surface area (Å²) in [6.45, 7) is 12.0. The molecule has 7 nitrogen and oxygen atoms in total. The van der Waals surface area contributed by atoms with Gasteiger partial charge in [0.2, 0.25) is 15.9 Å². The largest absolute Gasteiger partial charge is 0.464 e. The van der Waals surface area contributed by atoms with Gasteiger partial charge in [-0.15, -0.1) is 0 Å². The number of aromatic nitrogens is 1. The molecule has 0 unspecified atom stereocenters. The first-order valence-corrected chi connectivity index (χ1v) is 13.5. The number of carbonyl (C=O) groups is 1. The van der Waals surface area contributed by atoms with Gasteiger partial charge in [-0.25, -0.2) is 8.42 Å². The number of pyridine rings is 1. The van der Waals surface area contributed by atoms with Gasteiger partial charge in [-0.2, -0.15) is 4.31 Å². The van der Waals surface area contributed by atoms with E-state index < -0.39 is 10.0 Å². The number of hydrogen-bond donors (Lipinski definition) is 0. The molecule has 0 radical (unpaired) electrons. The Morgan fingerprint density at radius 3 is 2.43 bits per heavy atom. The number of nitrogens with zero attached hydrogens (tertiary/aromatic N) is 3. The average Bonchev–Trinajstić information content (AvgIpc) is 3.25. The van der Waals surface area contributed by atoms with E-state index in [4.69, 9.17) is 4.42 Å². The van der Waals surface area contributed by atoms with E-state index in [0.29, 0.717) is 44.0 Å². The zero-order valence-corrected chi connectivity index (χ0v) is 22.2. The molecule has 190 valence electrons. The van der Waals surface area contributed by atoms with Gasteiger partial charge >= 0.3 is 0 Å². The maximum atomic E-state index is 13.7. The summed E-state index contributed by atoms with van der Waals surface area (Å²) >= 11 is 0. The van der Waals surface area contributed by atoms with Crippen LogP contribution in [0, 0.1) is 11.3 Å². The van der Waals surface area contributed by atoms with Gasteiger partial charge in [-0.05, 0) is 59.7 Å². The van der Waals surface area contributed by atoms with Gasteiger partial charge in [0.1, 0.15) is 5.58 Å². The highest BCUT2D eigenvalue weighted by Gasteiger charge is 2.26. The number of benzene rings is 1. The maximum absolute atomic E-state index is 13.7. The van der Waals surface area contributed by atoms with E-state index in [2.05, 4.69) is 39.6 Å². The fourth-order valence-corrected chi connectivity index (χ4v) is 5.49. The first kappa shape index (κ1) is 26.9. The third-order valence-corrected chi connectivity index (χ3v) is 7.47. The Morgan fingerprint density at radius 1 is 1.06 bits per heavy atom.